The number of aliphatic hydroxyl groups is 1. The van der Waals surface area contributed by atoms with E-state index in [-0.39, 0.29) is 18.1 Å². The first-order valence-corrected chi connectivity index (χ1v) is 6.57. The summed E-state index contributed by atoms with van der Waals surface area (Å²) in [5, 5.41) is 19.3. The summed E-state index contributed by atoms with van der Waals surface area (Å²) in [6.07, 6.45) is 3.63. The van der Waals surface area contributed by atoms with E-state index >= 15 is 0 Å². The zero-order valence-corrected chi connectivity index (χ0v) is 11.2. The summed E-state index contributed by atoms with van der Waals surface area (Å²) in [7, 11) is 0. The van der Waals surface area contributed by atoms with E-state index in [2.05, 4.69) is 25.5 Å². The monoisotopic (exact) mass is 289 g/mol. The van der Waals surface area contributed by atoms with Crippen molar-refractivity contribution in [1.82, 2.24) is 20.2 Å². The van der Waals surface area contributed by atoms with Gasteiger partial charge in [0.15, 0.2) is 5.65 Å². The molecule has 8 heteroatoms. The lowest BCUT2D eigenvalue weighted by Gasteiger charge is -2.13. The summed E-state index contributed by atoms with van der Waals surface area (Å²) in [4.78, 5) is 18.6. The molecule has 0 saturated heterocycles. The van der Waals surface area contributed by atoms with Crippen LogP contribution in [0.3, 0.4) is 0 Å². The van der Waals surface area contributed by atoms with Crippen molar-refractivity contribution in [3.8, 4) is 0 Å². The summed E-state index contributed by atoms with van der Waals surface area (Å²) in [5.74, 6) is 1.11. The second-order valence-corrected chi connectivity index (χ2v) is 4.76. The van der Waals surface area contributed by atoms with Gasteiger partial charge in [0.25, 0.3) is 5.56 Å². The predicted octanol–water partition coefficient (Wildman–Crippen LogP) is 0.502. The first kappa shape index (κ1) is 13.4. The Kier molecular flexibility index (Phi) is 3.69. The Morgan fingerprint density at radius 1 is 1.48 bits per heavy atom. The number of hydrogen-bond donors (Lipinski definition) is 4. The van der Waals surface area contributed by atoms with Gasteiger partial charge in [-0.2, -0.15) is 10.1 Å². The largest absolute Gasteiger partial charge is 0.469 e. The van der Waals surface area contributed by atoms with Gasteiger partial charge >= 0.3 is 0 Å². The first-order chi connectivity index (χ1) is 10.3. The van der Waals surface area contributed by atoms with Gasteiger partial charge in [0, 0.05) is 25.5 Å². The number of H-pyrrole nitrogens is 2. The fraction of sp³-hybridized carbons (Fsp3) is 0.308. The normalized spacial score (nSPS) is 12.6. The molecule has 3 heterocycles. The molecule has 0 amide bonds. The van der Waals surface area contributed by atoms with Crippen LogP contribution in [0.25, 0.3) is 11.0 Å². The minimum Gasteiger partial charge on any atom is -0.469 e. The van der Waals surface area contributed by atoms with Crippen molar-refractivity contribution in [3.05, 3.63) is 40.7 Å². The van der Waals surface area contributed by atoms with Gasteiger partial charge in [0.2, 0.25) is 5.95 Å². The molecule has 4 N–H and O–H groups in total. The maximum absolute atomic E-state index is 11.8. The standard InChI is InChI=1S/C13H15N5O3/c19-7-8(4-9-2-1-3-21-9)5-14-13-16-11-10(6-15-18-11)12(20)17-13/h1-3,6,8,19H,4-5,7H2,(H3,14,15,16,17,18,20). The predicted molar refractivity (Wildman–Crippen MR) is 76.0 cm³/mol. The van der Waals surface area contributed by atoms with Gasteiger partial charge < -0.3 is 14.8 Å². The van der Waals surface area contributed by atoms with E-state index < -0.39 is 0 Å². The number of furan rings is 1. The summed E-state index contributed by atoms with van der Waals surface area (Å²) in [6, 6.07) is 3.67. The minimum atomic E-state index is -0.261. The molecule has 0 saturated carbocycles. The van der Waals surface area contributed by atoms with Crippen LogP contribution in [-0.4, -0.2) is 38.4 Å². The van der Waals surface area contributed by atoms with E-state index in [1.165, 1.54) is 6.20 Å². The summed E-state index contributed by atoms with van der Waals surface area (Å²) >= 11 is 0. The highest BCUT2D eigenvalue weighted by Gasteiger charge is 2.12. The van der Waals surface area contributed by atoms with Gasteiger partial charge in [-0.3, -0.25) is 14.9 Å². The van der Waals surface area contributed by atoms with Crippen molar-refractivity contribution in [3.63, 3.8) is 0 Å². The second kappa shape index (κ2) is 5.80. The van der Waals surface area contributed by atoms with Gasteiger partial charge in [-0.25, -0.2) is 0 Å². The van der Waals surface area contributed by atoms with Crippen LogP contribution >= 0.6 is 0 Å². The van der Waals surface area contributed by atoms with Gasteiger partial charge in [-0.05, 0) is 12.1 Å². The third-order valence-corrected chi connectivity index (χ3v) is 3.21. The first-order valence-electron chi connectivity index (χ1n) is 6.57. The lowest BCUT2D eigenvalue weighted by atomic mass is 10.1. The van der Waals surface area contributed by atoms with Crippen molar-refractivity contribution in [1.29, 1.82) is 0 Å². The number of hydrogen-bond acceptors (Lipinski definition) is 6. The Labute approximate surface area is 119 Å². The van der Waals surface area contributed by atoms with Crippen molar-refractivity contribution in [2.24, 2.45) is 5.92 Å². The molecular formula is C13H15N5O3. The molecule has 0 bridgehead atoms. The molecule has 8 nitrogen and oxygen atoms in total. The van der Waals surface area contributed by atoms with Gasteiger partial charge in [-0.15, -0.1) is 0 Å². The third-order valence-electron chi connectivity index (χ3n) is 3.21. The Morgan fingerprint density at radius 2 is 2.38 bits per heavy atom. The van der Waals surface area contributed by atoms with Gasteiger partial charge in [0.1, 0.15) is 11.1 Å². The van der Waals surface area contributed by atoms with Crippen molar-refractivity contribution >= 4 is 17.0 Å². The third kappa shape index (κ3) is 2.95. The van der Waals surface area contributed by atoms with Crippen LogP contribution in [0.2, 0.25) is 0 Å². The number of anilines is 1. The molecule has 0 aliphatic rings. The van der Waals surface area contributed by atoms with Crippen LogP contribution in [0.15, 0.2) is 33.8 Å². The number of aliphatic hydroxyl groups excluding tert-OH is 1. The highest BCUT2D eigenvalue weighted by Crippen LogP contribution is 2.10. The molecule has 0 fully saturated rings. The van der Waals surface area contributed by atoms with Crippen LogP contribution in [0.1, 0.15) is 5.76 Å². The van der Waals surface area contributed by atoms with Gasteiger partial charge in [0.05, 0.1) is 12.5 Å². The number of aromatic amines is 2. The lowest BCUT2D eigenvalue weighted by molar-refractivity contribution is 0.226. The van der Waals surface area contributed by atoms with Crippen LogP contribution < -0.4 is 10.9 Å². The summed E-state index contributed by atoms with van der Waals surface area (Å²) in [6.45, 7) is 0.462. The van der Waals surface area contributed by atoms with E-state index in [9.17, 15) is 9.90 Å². The molecule has 3 aromatic rings. The number of nitrogens with zero attached hydrogens (tertiary/aromatic N) is 2. The number of aromatic nitrogens is 4. The van der Waals surface area contributed by atoms with Gasteiger partial charge in [-0.1, -0.05) is 0 Å². The van der Waals surface area contributed by atoms with Crippen molar-refractivity contribution in [2.45, 2.75) is 6.42 Å². The number of rotatable bonds is 6. The Morgan fingerprint density at radius 3 is 3.14 bits per heavy atom. The average Bonchev–Trinajstić information content (AvgIpc) is 3.14. The van der Waals surface area contributed by atoms with E-state index in [4.69, 9.17) is 4.42 Å². The Balaban J connectivity index is 1.68. The highest BCUT2D eigenvalue weighted by atomic mass is 16.3. The zero-order valence-electron chi connectivity index (χ0n) is 11.2. The quantitative estimate of drug-likeness (QED) is 0.524. The van der Waals surface area contributed by atoms with Crippen molar-refractivity contribution in [2.75, 3.05) is 18.5 Å². The number of nitrogens with one attached hydrogen (secondary N) is 3. The summed E-state index contributed by atoms with van der Waals surface area (Å²) < 4.78 is 5.26. The van der Waals surface area contributed by atoms with E-state index in [0.717, 1.165) is 5.76 Å². The molecular weight excluding hydrogens is 274 g/mol. The molecule has 110 valence electrons. The maximum Gasteiger partial charge on any atom is 0.263 e. The zero-order chi connectivity index (χ0) is 14.7. The van der Waals surface area contributed by atoms with E-state index in [0.29, 0.717) is 29.9 Å². The number of fused-ring (bicyclic) bond motifs is 1. The molecule has 0 radical (unpaired) electrons. The smallest absolute Gasteiger partial charge is 0.263 e. The molecule has 21 heavy (non-hydrogen) atoms. The lowest BCUT2D eigenvalue weighted by Crippen LogP contribution is -2.22. The summed E-state index contributed by atoms with van der Waals surface area (Å²) in [5.41, 5.74) is 0.163. The molecule has 0 aromatic carbocycles. The average molecular weight is 289 g/mol. The van der Waals surface area contributed by atoms with Crippen LogP contribution in [0.5, 0.6) is 0 Å². The fourth-order valence-electron chi connectivity index (χ4n) is 2.08. The molecule has 1 atom stereocenters. The molecule has 0 aliphatic heterocycles. The van der Waals surface area contributed by atoms with Crippen LogP contribution in [-0.2, 0) is 6.42 Å². The van der Waals surface area contributed by atoms with Crippen molar-refractivity contribution < 1.29 is 9.52 Å². The maximum atomic E-state index is 11.8. The minimum absolute atomic E-state index is 0.00420. The van der Waals surface area contributed by atoms with Crippen LogP contribution in [0, 0.1) is 5.92 Å². The molecule has 0 aliphatic carbocycles. The topological polar surface area (TPSA) is 120 Å². The van der Waals surface area contributed by atoms with Crippen LogP contribution in [0.4, 0.5) is 5.95 Å². The molecule has 1 unspecified atom stereocenters. The van der Waals surface area contributed by atoms with E-state index in [1.54, 1.807) is 6.26 Å². The SMILES string of the molecule is O=c1[nH]c(NCC(CO)Cc2ccco2)nc2[nH]ncc12. The Bertz CT molecular complexity index is 762. The Hall–Kier alpha value is -2.61. The fourth-order valence-corrected chi connectivity index (χ4v) is 2.08. The van der Waals surface area contributed by atoms with E-state index in [1.807, 2.05) is 12.1 Å². The molecule has 3 aromatic heterocycles. The highest BCUT2D eigenvalue weighted by molar-refractivity contribution is 5.73. The second-order valence-electron chi connectivity index (χ2n) is 4.76. The molecule has 3 rings (SSSR count). The molecule has 0 spiro atoms.